The van der Waals surface area contributed by atoms with E-state index in [0.717, 1.165) is 5.92 Å². The van der Waals surface area contributed by atoms with Crippen LogP contribution in [0.3, 0.4) is 0 Å². The lowest BCUT2D eigenvalue weighted by atomic mass is 9.75. The summed E-state index contributed by atoms with van der Waals surface area (Å²) in [7, 11) is 0. The van der Waals surface area contributed by atoms with Gasteiger partial charge in [0, 0.05) is 11.1 Å². The molecule has 1 rings (SSSR count). The second-order valence-corrected chi connectivity index (χ2v) is 5.97. The largest absolute Gasteiger partial charge is 0.307 e. The van der Waals surface area contributed by atoms with Gasteiger partial charge < -0.3 is 5.32 Å². The van der Waals surface area contributed by atoms with Gasteiger partial charge in [-0.1, -0.05) is 12.2 Å². The van der Waals surface area contributed by atoms with E-state index < -0.39 is 0 Å². The van der Waals surface area contributed by atoms with Gasteiger partial charge in [0.25, 0.3) is 0 Å². The molecule has 0 aliphatic carbocycles. The van der Waals surface area contributed by atoms with Crippen LogP contribution in [0.5, 0.6) is 0 Å². The fourth-order valence-electron chi connectivity index (χ4n) is 3.03. The SMILES string of the molecule is C/C=C/CC1CC(C)(C)NC(C)(C)C1. The first-order chi connectivity index (χ1) is 6.35. The van der Waals surface area contributed by atoms with Gasteiger partial charge in [-0.05, 0) is 59.8 Å². The van der Waals surface area contributed by atoms with Gasteiger partial charge in [0.2, 0.25) is 0 Å². The molecule has 1 heteroatoms. The van der Waals surface area contributed by atoms with Crippen LogP contribution >= 0.6 is 0 Å². The Bertz CT molecular complexity index is 197. The van der Waals surface area contributed by atoms with Crippen molar-refractivity contribution >= 4 is 0 Å². The Hall–Kier alpha value is -0.300. The van der Waals surface area contributed by atoms with Gasteiger partial charge in [-0.2, -0.15) is 0 Å². The number of piperidine rings is 1. The molecule has 1 heterocycles. The maximum Gasteiger partial charge on any atom is 0.0132 e. The van der Waals surface area contributed by atoms with Crippen LogP contribution in [0.1, 0.15) is 53.9 Å². The summed E-state index contributed by atoms with van der Waals surface area (Å²) in [6.45, 7) is 11.4. The van der Waals surface area contributed by atoms with E-state index >= 15 is 0 Å². The first-order valence-electron chi connectivity index (χ1n) is 5.75. The normalized spacial score (nSPS) is 26.9. The second kappa shape index (κ2) is 4.06. The third-order valence-corrected chi connectivity index (χ3v) is 2.98. The van der Waals surface area contributed by atoms with Crippen molar-refractivity contribution in [1.29, 1.82) is 0 Å². The van der Waals surface area contributed by atoms with Gasteiger partial charge in [0.1, 0.15) is 0 Å². The monoisotopic (exact) mass is 195 g/mol. The van der Waals surface area contributed by atoms with Gasteiger partial charge in [-0.25, -0.2) is 0 Å². The van der Waals surface area contributed by atoms with Crippen molar-refractivity contribution < 1.29 is 0 Å². The molecular weight excluding hydrogens is 170 g/mol. The van der Waals surface area contributed by atoms with E-state index in [1.165, 1.54) is 19.3 Å². The number of rotatable bonds is 2. The molecule has 0 unspecified atom stereocenters. The molecule has 0 aromatic rings. The topological polar surface area (TPSA) is 12.0 Å². The predicted octanol–water partition coefficient (Wildman–Crippen LogP) is 3.51. The van der Waals surface area contributed by atoms with Gasteiger partial charge >= 0.3 is 0 Å². The zero-order chi connectivity index (χ0) is 10.8. The van der Waals surface area contributed by atoms with Crippen LogP contribution in [0.25, 0.3) is 0 Å². The number of hydrogen-bond donors (Lipinski definition) is 1. The van der Waals surface area contributed by atoms with E-state index in [0.29, 0.717) is 11.1 Å². The van der Waals surface area contributed by atoms with Crippen molar-refractivity contribution in [2.45, 2.75) is 65.0 Å². The van der Waals surface area contributed by atoms with Crippen LogP contribution in [0.4, 0.5) is 0 Å². The van der Waals surface area contributed by atoms with E-state index in [1.807, 2.05) is 0 Å². The number of allylic oxidation sites excluding steroid dienone is 2. The fourth-order valence-corrected chi connectivity index (χ4v) is 3.03. The zero-order valence-electron chi connectivity index (χ0n) is 10.4. The molecule has 1 fully saturated rings. The van der Waals surface area contributed by atoms with Crippen LogP contribution in [0, 0.1) is 5.92 Å². The Morgan fingerprint density at radius 1 is 1.14 bits per heavy atom. The van der Waals surface area contributed by atoms with E-state index in [9.17, 15) is 0 Å². The summed E-state index contributed by atoms with van der Waals surface area (Å²) < 4.78 is 0. The van der Waals surface area contributed by atoms with Crippen LogP contribution in [-0.4, -0.2) is 11.1 Å². The van der Waals surface area contributed by atoms with Crippen LogP contribution in [0.15, 0.2) is 12.2 Å². The Kier molecular flexibility index (Phi) is 3.41. The average Bonchev–Trinajstić information content (AvgIpc) is 1.94. The molecule has 0 bridgehead atoms. The summed E-state index contributed by atoms with van der Waals surface area (Å²) in [5.74, 6) is 0.845. The highest BCUT2D eigenvalue weighted by Gasteiger charge is 2.36. The molecule has 0 spiro atoms. The summed E-state index contributed by atoms with van der Waals surface area (Å²) in [5.41, 5.74) is 0.599. The number of nitrogens with one attached hydrogen (secondary N) is 1. The molecule has 1 nitrogen and oxygen atoms in total. The molecule has 82 valence electrons. The Labute approximate surface area is 89.0 Å². The van der Waals surface area contributed by atoms with Gasteiger partial charge in [0.05, 0.1) is 0 Å². The standard InChI is InChI=1S/C13H25N/c1-6-7-8-11-9-12(2,3)14-13(4,5)10-11/h6-7,11,14H,8-10H2,1-5H3/b7-6+. The molecule has 14 heavy (non-hydrogen) atoms. The quantitative estimate of drug-likeness (QED) is 0.665. The van der Waals surface area contributed by atoms with Crippen LogP contribution in [-0.2, 0) is 0 Å². The smallest absolute Gasteiger partial charge is 0.0132 e. The van der Waals surface area contributed by atoms with E-state index in [1.54, 1.807) is 0 Å². The summed E-state index contributed by atoms with van der Waals surface area (Å²) in [6, 6.07) is 0. The zero-order valence-corrected chi connectivity index (χ0v) is 10.4. The van der Waals surface area contributed by atoms with Crippen molar-refractivity contribution in [2.24, 2.45) is 5.92 Å². The molecule has 1 saturated heterocycles. The molecule has 0 atom stereocenters. The molecule has 0 saturated carbocycles. The lowest BCUT2D eigenvalue weighted by Crippen LogP contribution is -2.57. The van der Waals surface area contributed by atoms with Crippen LogP contribution in [0.2, 0.25) is 0 Å². The van der Waals surface area contributed by atoms with Crippen molar-refractivity contribution in [1.82, 2.24) is 5.32 Å². The summed E-state index contributed by atoms with van der Waals surface area (Å²) in [5, 5.41) is 3.71. The highest BCUT2D eigenvalue weighted by atomic mass is 15.0. The van der Waals surface area contributed by atoms with Crippen LogP contribution < -0.4 is 5.32 Å². The molecule has 1 aliphatic heterocycles. The minimum atomic E-state index is 0.300. The van der Waals surface area contributed by atoms with Gasteiger partial charge in [-0.3, -0.25) is 0 Å². The maximum atomic E-state index is 3.71. The third kappa shape index (κ3) is 3.45. The Balaban J connectivity index is 2.62. The second-order valence-electron chi connectivity index (χ2n) is 5.97. The fraction of sp³-hybridized carbons (Fsp3) is 0.846. The Morgan fingerprint density at radius 3 is 2.07 bits per heavy atom. The van der Waals surface area contributed by atoms with E-state index in [4.69, 9.17) is 0 Å². The maximum absolute atomic E-state index is 3.71. The van der Waals surface area contributed by atoms with E-state index in [-0.39, 0.29) is 0 Å². The molecule has 1 aliphatic rings. The lowest BCUT2D eigenvalue weighted by molar-refractivity contribution is 0.130. The minimum absolute atomic E-state index is 0.300. The highest BCUT2D eigenvalue weighted by molar-refractivity contribution is 4.98. The molecular formula is C13H25N. The van der Waals surface area contributed by atoms with Crippen molar-refractivity contribution in [3.8, 4) is 0 Å². The summed E-state index contributed by atoms with van der Waals surface area (Å²) in [4.78, 5) is 0. The average molecular weight is 195 g/mol. The molecule has 0 radical (unpaired) electrons. The van der Waals surface area contributed by atoms with Gasteiger partial charge in [0.15, 0.2) is 0 Å². The Morgan fingerprint density at radius 2 is 1.64 bits per heavy atom. The predicted molar refractivity (Wildman–Crippen MR) is 63.4 cm³/mol. The van der Waals surface area contributed by atoms with E-state index in [2.05, 4.69) is 52.1 Å². The minimum Gasteiger partial charge on any atom is -0.307 e. The van der Waals surface area contributed by atoms with Gasteiger partial charge in [-0.15, -0.1) is 0 Å². The molecule has 0 aromatic carbocycles. The lowest BCUT2D eigenvalue weighted by Gasteiger charge is -2.46. The van der Waals surface area contributed by atoms with Crippen molar-refractivity contribution in [2.75, 3.05) is 0 Å². The molecule has 0 aromatic heterocycles. The van der Waals surface area contributed by atoms with Crippen molar-refractivity contribution in [3.63, 3.8) is 0 Å². The highest BCUT2D eigenvalue weighted by Crippen LogP contribution is 2.34. The summed E-state index contributed by atoms with van der Waals surface area (Å²) in [6.07, 6.45) is 8.30. The molecule has 1 N–H and O–H groups in total. The number of hydrogen-bond acceptors (Lipinski definition) is 1. The summed E-state index contributed by atoms with van der Waals surface area (Å²) >= 11 is 0. The first-order valence-corrected chi connectivity index (χ1v) is 5.75. The third-order valence-electron chi connectivity index (χ3n) is 2.98. The van der Waals surface area contributed by atoms with Crippen molar-refractivity contribution in [3.05, 3.63) is 12.2 Å². The first kappa shape index (κ1) is 11.8. The molecule has 0 amide bonds.